The summed E-state index contributed by atoms with van der Waals surface area (Å²) in [5, 5.41) is 0.911. The van der Waals surface area contributed by atoms with Gasteiger partial charge in [-0.05, 0) is 36.8 Å². The minimum Gasteiger partial charge on any atom is -0.295 e. The smallest absolute Gasteiger partial charge is 0.288 e. The average molecular weight is 370 g/mol. The largest absolute Gasteiger partial charge is 0.295 e. The molecule has 1 fully saturated rings. The Kier molecular flexibility index (Phi) is 4.12. The normalized spacial score (nSPS) is 17.1. The molecule has 1 atom stereocenters. The maximum absolute atomic E-state index is 13.2. The lowest BCUT2D eigenvalue weighted by Crippen LogP contribution is -2.45. The molecule has 0 saturated carbocycles. The number of fused-ring (bicyclic) bond motifs is 1. The molecule has 2 amide bonds. The molecular formula is C18H15FN4O2S. The zero-order valence-electron chi connectivity index (χ0n) is 13.8. The number of aromatic nitrogens is 2. The summed E-state index contributed by atoms with van der Waals surface area (Å²) in [6.07, 6.45) is 1.75. The molecule has 1 aliphatic rings. The van der Waals surface area contributed by atoms with Crippen LogP contribution < -0.4 is 5.43 Å². The summed E-state index contributed by atoms with van der Waals surface area (Å²) in [6.45, 7) is 1.75. The Labute approximate surface area is 153 Å². The number of carbonyl (C=O) groups excluding carboxylic acids is 2. The fourth-order valence-electron chi connectivity index (χ4n) is 2.97. The van der Waals surface area contributed by atoms with Crippen LogP contribution in [-0.2, 0) is 4.79 Å². The highest BCUT2D eigenvalue weighted by molar-refractivity contribution is 8.00. The lowest BCUT2D eigenvalue weighted by Gasteiger charge is -2.24. The van der Waals surface area contributed by atoms with Crippen molar-refractivity contribution in [1.82, 2.24) is 19.8 Å². The molecular weight excluding hydrogens is 355 g/mol. The summed E-state index contributed by atoms with van der Waals surface area (Å²) in [6, 6.07) is 11.4. The Hall–Kier alpha value is -2.87. The standard InChI is InChI=1S/C18H15FN4O2S/c1-11-16(22-9-3-2-4-14(22)20-11)17(25)21-23-15(24)10-26-18(23)12-5-7-13(19)8-6-12/h2-9,18H,10H2,1H3,(H,21,25). The van der Waals surface area contributed by atoms with Crippen LogP contribution in [0.25, 0.3) is 5.65 Å². The highest BCUT2D eigenvalue weighted by Crippen LogP contribution is 2.37. The minimum absolute atomic E-state index is 0.204. The summed E-state index contributed by atoms with van der Waals surface area (Å²) in [5.41, 5.74) is 5.06. The van der Waals surface area contributed by atoms with Gasteiger partial charge in [-0.25, -0.2) is 14.4 Å². The van der Waals surface area contributed by atoms with Gasteiger partial charge in [0.1, 0.15) is 22.5 Å². The van der Waals surface area contributed by atoms with Crippen molar-refractivity contribution in [3.63, 3.8) is 0 Å². The number of hydrogen-bond acceptors (Lipinski definition) is 4. The molecule has 132 valence electrons. The predicted molar refractivity (Wildman–Crippen MR) is 95.8 cm³/mol. The van der Waals surface area contributed by atoms with Crippen molar-refractivity contribution in [3.05, 3.63) is 71.4 Å². The van der Waals surface area contributed by atoms with E-state index in [0.29, 0.717) is 17.0 Å². The summed E-state index contributed by atoms with van der Waals surface area (Å²) in [7, 11) is 0. The van der Waals surface area contributed by atoms with Crippen LogP contribution in [0.4, 0.5) is 4.39 Å². The second kappa shape index (κ2) is 6.45. The zero-order chi connectivity index (χ0) is 18.3. The van der Waals surface area contributed by atoms with Crippen LogP contribution in [0, 0.1) is 12.7 Å². The van der Waals surface area contributed by atoms with Crippen molar-refractivity contribution < 1.29 is 14.0 Å². The topological polar surface area (TPSA) is 66.7 Å². The molecule has 2 aromatic heterocycles. The van der Waals surface area contributed by atoms with Gasteiger partial charge in [0, 0.05) is 6.20 Å². The van der Waals surface area contributed by atoms with Gasteiger partial charge in [0.25, 0.3) is 11.8 Å². The minimum atomic E-state index is -0.413. The molecule has 0 bridgehead atoms. The first kappa shape index (κ1) is 16.6. The van der Waals surface area contributed by atoms with Crippen LogP contribution in [0.3, 0.4) is 0 Å². The number of thioether (sulfide) groups is 1. The monoisotopic (exact) mass is 370 g/mol. The maximum atomic E-state index is 13.2. The van der Waals surface area contributed by atoms with Gasteiger partial charge in [0.05, 0.1) is 11.4 Å². The van der Waals surface area contributed by atoms with Crippen molar-refractivity contribution in [3.8, 4) is 0 Å². The molecule has 0 radical (unpaired) electrons. The number of hydrazine groups is 1. The van der Waals surface area contributed by atoms with Crippen molar-refractivity contribution in [1.29, 1.82) is 0 Å². The zero-order valence-corrected chi connectivity index (χ0v) is 14.7. The molecule has 1 aliphatic heterocycles. The number of halogens is 1. The predicted octanol–water partition coefficient (Wildman–Crippen LogP) is 2.70. The Morgan fingerprint density at radius 3 is 2.81 bits per heavy atom. The van der Waals surface area contributed by atoms with E-state index in [9.17, 15) is 14.0 Å². The number of rotatable bonds is 3. The number of nitrogens with one attached hydrogen (secondary N) is 1. The van der Waals surface area contributed by atoms with Crippen LogP contribution >= 0.6 is 11.8 Å². The van der Waals surface area contributed by atoms with Gasteiger partial charge < -0.3 is 0 Å². The lowest BCUT2D eigenvalue weighted by molar-refractivity contribution is -0.130. The summed E-state index contributed by atoms with van der Waals surface area (Å²) in [5.74, 6) is -0.720. The average Bonchev–Trinajstić information content (AvgIpc) is 3.15. The van der Waals surface area contributed by atoms with E-state index in [2.05, 4.69) is 10.4 Å². The SMILES string of the molecule is Cc1nc2ccccn2c1C(=O)NN1C(=O)CSC1c1ccc(F)cc1. The van der Waals surface area contributed by atoms with E-state index in [4.69, 9.17) is 0 Å². The Morgan fingerprint density at radius 2 is 2.04 bits per heavy atom. The molecule has 26 heavy (non-hydrogen) atoms. The third-order valence-electron chi connectivity index (χ3n) is 4.16. The fraction of sp³-hybridized carbons (Fsp3) is 0.167. The van der Waals surface area contributed by atoms with E-state index in [0.717, 1.165) is 5.56 Å². The van der Waals surface area contributed by atoms with Gasteiger partial charge in [0.2, 0.25) is 0 Å². The molecule has 6 nitrogen and oxygen atoms in total. The van der Waals surface area contributed by atoms with E-state index >= 15 is 0 Å². The second-order valence-electron chi connectivity index (χ2n) is 5.89. The number of benzene rings is 1. The lowest BCUT2D eigenvalue weighted by atomic mass is 10.2. The highest BCUT2D eigenvalue weighted by atomic mass is 32.2. The molecule has 4 rings (SSSR count). The number of imidazole rings is 1. The van der Waals surface area contributed by atoms with Crippen LogP contribution in [0.15, 0.2) is 48.7 Å². The number of amides is 2. The Balaban J connectivity index is 1.63. The molecule has 1 aromatic carbocycles. The third-order valence-corrected chi connectivity index (χ3v) is 5.38. The number of hydrogen-bond donors (Lipinski definition) is 1. The van der Waals surface area contributed by atoms with Gasteiger partial charge in [0.15, 0.2) is 0 Å². The van der Waals surface area contributed by atoms with Crippen LogP contribution in [0.1, 0.15) is 27.1 Å². The number of carbonyl (C=O) groups is 2. The van der Waals surface area contributed by atoms with E-state index in [1.807, 2.05) is 18.2 Å². The van der Waals surface area contributed by atoms with Crippen LogP contribution in [0.2, 0.25) is 0 Å². The highest BCUT2D eigenvalue weighted by Gasteiger charge is 2.35. The quantitative estimate of drug-likeness (QED) is 0.770. The molecule has 8 heteroatoms. The molecule has 0 spiro atoms. The van der Waals surface area contributed by atoms with Crippen molar-refractivity contribution in [2.75, 3.05) is 5.75 Å². The number of nitrogens with zero attached hydrogens (tertiary/aromatic N) is 3. The van der Waals surface area contributed by atoms with Gasteiger partial charge in [-0.1, -0.05) is 18.2 Å². The van der Waals surface area contributed by atoms with Gasteiger partial charge >= 0.3 is 0 Å². The van der Waals surface area contributed by atoms with E-state index in [1.165, 1.54) is 28.9 Å². The van der Waals surface area contributed by atoms with Crippen LogP contribution in [-0.4, -0.2) is 32.0 Å². The summed E-state index contributed by atoms with van der Waals surface area (Å²) in [4.78, 5) is 29.5. The Bertz CT molecular complexity index is 1000. The fourth-order valence-corrected chi connectivity index (χ4v) is 4.08. The number of aryl methyl sites for hydroxylation is 1. The molecule has 3 aromatic rings. The molecule has 3 heterocycles. The summed E-state index contributed by atoms with van der Waals surface area (Å²) >= 11 is 1.38. The Morgan fingerprint density at radius 1 is 1.27 bits per heavy atom. The van der Waals surface area contributed by atoms with Crippen LogP contribution in [0.5, 0.6) is 0 Å². The number of pyridine rings is 1. The first-order valence-electron chi connectivity index (χ1n) is 7.98. The third kappa shape index (κ3) is 2.82. The van der Waals surface area contributed by atoms with Gasteiger partial charge in [-0.2, -0.15) is 0 Å². The van der Waals surface area contributed by atoms with E-state index in [-0.39, 0.29) is 17.5 Å². The first-order valence-corrected chi connectivity index (χ1v) is 9.03. The maximum Gasteiger partial charge on any atom is 0.288 e. The first-order chi connectivity index (χ1) is 12.5. The van der Waals surface area contributed by atoms with Crippen molar-refractivity contribution in [2.45, 2.75) is 12.3 Å². The van der Waals surface area contributed by atoms with Gasteiger partial charge in [-0.15, -0.1) is 11.8 Å². The molecule has 1 saturated heterocycles. The molecule has 1 N–H and O–H groups in total. The summed E-state index contributed by atoms with van der Waals surface area (Å²) < 4.78 is 14.9. The second-order valence-corrected chi connectivity index (χ2v) is 6.96. The van der Waals surface area contributed by atoms with E-state index in [1.54, 1.807) is 29.7 Å². The van der Waals surface area contributed by atoms with E-state index < -0.39 is 11.3 Å². The van der Waals surface area contributed by atoms with Gasteiger partial charge in [-0.3, -0.25) is 19.4 Å². The molecule has 0 aliphatic carbocycles. The van der Waals surface area contributed by atoms with Crippen molar-refractivity contribution in [2.24, 2.45) is 0 Å². The van der Waals surface area contributed by atoms with Crippen molar-refractivity contribution >= 4 is 29.2 Å². The molecule has 1 unspecified atom stereocenters.